The van der Waals surface area contributed by atoms with Crippen molar-refractivity contribution in [3.63, 3.8) is 0 Å². The predicted molar refractivity (Wildman–Crippen MR) is 90.1 cm³/mol. The molecular weight excluding hydrogens is 290 g/mol. The average Bonchev–Trinajstić information content (AvgIpc) is 3.11. The first-order valence-electron chi connectivity index (χ1n) is 7.35. The molecule has 0 N–H and O–H groups in total. The minimum Gasteiger partial charge on any atom is -0.317 e. The molecule has 1 atom stereocenters. The zero-order valence-electron chi connectivity index (χ0n) is 11.8. The fraction of sp³-hybridized carbons (Fsp3) is 0.111. The minimum atomic E-state index is 0.361. The van der Waals surface area contributed by atoms with E-state index in [0.29, 0.717) is 5.25 Å². The Morgan fingerprint density at radius 2 is 1.82 bits per heavy atom. The highest BCUT2D eigenvalue weighted by molar-refractivity contribution is 7.99. The van der Waals surface area contributed by atoms with Crippen molar-refractivity contribution >= 4 is 33.6 Å². The molecule has 0 amide bonds. The first kappa shape index (κ1) is 12.2. The van der Waals surface area contributed by atoms with Gasteiger partial charge in [-0.05, 0) is 35.0 Å². The van der Waals surface area contributed by atoms with Crippen molar-refractivity contribution < 1.29 is 0 Å². The summed E-state index contributed by atoms with van der Waals surface area (Å²) < 4.78 is 2.33. The second-order valence-electron chi connectivity index (χ2n) is 5.55. The van der Waals surface area contributed by atoms with Gasteiger partial charge in [-0.2, -0.15) is 0 Å². The van der Waals surface area contributed by atoms with Crippen molar-refractivity contribution in [1.82, 2.24) is 14.5 Å². The predicted octanol–water partition coefficient (Wildman–Crippen LogP) is 4.43. The van der Waals surface area contributed by atoms with Crippen molar-refractivity contribution in [2.24, 2.45) is 0 Å². The van der Waals surface area contributed by atoms with E-state index in [4.69, 9.17) is 4.98 Å². The molecule has 4 aromatic rings. The summed E-state index contributed by atoms with van der Waals surface area (Å²) >= 11 is 1.81. The van der Waals surface area contributed by atoms with Gasteiger partial charge in [-0.25, -0.2) is 4.98 Å². The Hall–Kier alpha value is -2.33. The highest BCUT2D eigenvalue weighted by Crippen LogP contribution is 2.43. The van der Waals surface area contributed by atoms with Gasteiger partial charge in [-0.15, -0.1) is 0 Å². The number of benzene rings is 2. The van der Waals surface area contributed by atoms with Crippen LogP contribution in [0.5, 0.6) is 0 Å². The van der Waals surface area contributed by atoms with E-state index in [1.807, 2.05) is 24.0 Å². The highest BCUT2D eigenvalue weighted by atomic mass is 32.2. The Balaban J connectivity index is 1.64. The van der Waals surface area contributed by atoms with Gasteiger partial charge in [0.1, 0.15) is 0 Å². The number of imidazole rings is 1. The van der Waals surface area contributed by atoms with E-state index in [1.165, 1.54) is 16.3 Å². The maximum absolute atomic E-state index is 4.82. The summed E-state index contributed by atoms with van der Waals surface area (Å²) in [6, 6.07) is 19.0. The monoisotopic (exact) mass is 303 g/mol. The van der Waals surface area contributed by atoms with E-state index in [1.54, 1.807) is 0 Å². The molecular formula is C18H13N3S. The third-order valence-electron chi connectivity index (χ3n) is 4.19. The number of pyridine rings is 1. The summed E-state index contributed by atoms with van der Waals surface area (Å²) in [5.41, 5.74) is 3.44. The summed E-state index contributed by atoms with van der Waals surface area (Å²) in [6.07, 6.45) is 1.86. The van der Waals surface area contributed by atoms with E-state index in [2.05, 4.69) is 58.1 Å². The summed E-state index contributed by atoms with van der Waals surface area (Å²) in [7, 11) is 0. The van der Waals surface area contributed by atoms with Gasteiger partial charge in [-0.1, -0.05) is 42.1 Å². The number of rotatable bonds is 1. The Kier molecular flexibility index (Phi) is 2.55. The molecule has 22 heavy (non-hydrogen) atoms. The molecule has 1 aliphatic rings. The largest absolute Gasteiger partial charge is 0.317 e. The minimum absolute atomic E-state index is 0.361. The fourth-order valence-corrected chi connectivity index (χ4v) is 4.29. The van der Waals surface area contributed by atoms with Crippen molar-refractivity contribution in [2.75, 3.05) is 0 Å². The number of hydrogen-bond acceptors (Lipinski definition) is 3. The van der Waals surface area contributed by atoms with Crippen LogP contribution in [-0.2, 0) is 6.54 Å². The lowest BCUT2D eigenvalue weighted by molar-refractivity contribution is 0.674. The van der Waals surface area contributed by atoms with E-state index in [-0.39, 0.29) is 0 Å². The Morgan fingerprint density at radius 3 is 2.64 bits per heavy atom. The maximum atomic E-state index is 4.82. The van der Waals surface area contributed by atoms with Crippen LogP contribution in [0.4, 0.5) is 0 Å². The normalized spacial score (nSPS) is 17.2. The lowest BCUT2D eigenvalue weighted by Crippen LogP contribution is -2.00. The first-order chi connectivity index (χ1) is 10.9. The highest BCUT2D eigenvalue weighted by Gasteiger charge is 2.27. The summed E-state index contributed by atoms with van der Waals surface area (Å²) in [5, 5.41) is 3.97. The molecule has 0 radical (unpaired) electrons. The lowest BCUT2D eigenvalue weighted by Gasteiger charge is -2.07. The van der Waals surface area contributed by atoms with E-state index < -0.39 is 0 Å². The molecule has 3 heterocycles. The van der Waals surface area contributed by atoms with Crippen molar-refractivity contribution in [3.05, 3.63) is 66.5 Å². The summed E-state index contributed by atoms with van der Waals surface area (Å²) in [6.45, 7) is 0.936. The second-order valence-corrected chi connectivity index (χ2v) is 6.72. The van der Waals surface area contributed by atoms with Gasteiger partial charge in [-0.3, -0.25) is 4.98 Å². The zero-order valence-corrected chi connectivity index (χ0v) is 12.6. The van der Waals surface area contributed by atoms with Crippen LogP contribution >= 0.6 is 11.8 Å². The van der Waals surface area contributed by atoms with E-state index in [9.17, 15) is 0 Å². The van der Waals surface area contributed by atoms with Gasteiger partial charge in [0.15, 0.2) is 5.16 Å². The smallest absolute Gasteiger partial charge is 0.169 e. The fourth-order valence-electron chi connectivity index (χ4n) is 3.11. The SMILES string of the molecule is c1ccc(C2Cn3c(nc4cc5ccccc5cc43)S2)nc1. The van der Waals surface area contributed by atoms with Crippen LogP contribution in [0.1, 0.15) is 10.9 Å². The van der Waals surface area contributed by atoms with Crippen LogP contribution in [0.3, 0.4) is 0 Å². The quantitative estimate of drug-likeness (QED) is 0.521. The van der Waals surface area contributed by atoms with Crippen molar-refractivity contribution in [2.45, 2.75) is 17.0 Å². The van der Waals surface area contributed by atoms with Crippen LogP contribution in [0.2, 0.25) is 0 Å². The molecule has 0 saturated heterocycles. The molecule has 0 aliphatic carbocycles. The van der Waals surface area contributed by atoms with Gasteiger partial charge in [0.2, 0.25) is 0 Å². The topological polar surface area (TPSA) is 30.7 Å². The molecule has 5 rings (SSSR count). The molecule has 2 aromatic carbocycles. The van der Waals surface area contributed by atoms with Gasteiger partial charge in [0, 0.05) is 12.7 Å². The van der Waals surface area contributed by atoms with Crippen LogP contribution < -0.4 is 0 Å². The maximum Gasteiger partial charge on any atom is 0.169 e. The molecule has 0 bridgehead atoms. The van der Waals surface area contributed by atoms with Crippen LogP contribution in [0.15, 0.2) is 66.0 Å². The molecule has 0 spiro atoms. The standard InChI is InChI=1S/C18H13N3S/c1-2-6-13-10-16-15(9-12(13)5-1)20-18-21(16)11-17(22-18)14-7-3-4-8-19-14/h1-10,17H,11H2. The van der Waals surface area contributed by atoms with Crippen molar-refractivity contribution in [3.8, 4) is 0 Å². The zero-order chi connectivity index (χ0) is 14.5. The van der Waals surface area contributed by atoms with E-state index in [0.717, 1.165) is 22.9 Å². The molecule has 0 saturated carbocycles. The van der Waals surface area contributed by atoms with Gasteiger partial charge in [0.05, 0.1) is 22.0 Å². The Labute approximate surface area is 132 Å². The van der Waals surface area contributed by atoms with E-state index >= 15 is 0 Å². The molecule has 1 unspecified atom stereocenters. The first-order valence-corrected chi connectivity index (χ1v) is 8.23. The average molecular weight is 303 g/mol. The van der Waals surface area contributed by atoms with Gasteiger partial charge >= 0.3 is 0 Å². The number of fused-ring (bicyclic) bond motifs is 4. The van der Waals surface area contributed by atoms with Gasteiger partial charge in [0.25, 0.3) is 0 Å². The second kappa shape index (κ2) is 4.58. The Bertz CT molecular complexity index is 991. The third-order valence-corrected chi connectivity index (χ3v) is 5.39. The molecule has 2 aromatic heterocycles. The third kappa shape index (κ3) is 1.77. The Morgan fingerprint density at radius 1 is 1.00 bits per heavy atom. The number of nitrogens with zero attached hydrogens (tertiary/aromatic N) is 3. The van der Waals surface area contributed by atoms with Crippen LogP contribution in [0, 0.1) is 0 Å². The number of thioether (sulfide) groups is 1. The molecule has 4 heteroatoms. The summed E-state index contributed by atoms with van der Waals surface area (Å²) in [5.74, 6) is 0. The molecule has 1 aliphatic heterocycles. The van der Waals surface area contributed by atoms with Gasteiger partial charge < -0.3 is 4.57 Å². The van der Waals surface area contributed by atoms with Crippen LogP contribution in [-0.4, -0.2) is 14.5 Å². The molecule has 106 valence electrons. The van der Waals surface area contributed by atoms with Crippen molar-refractivity contribution in [1.29, 1.82) is 0 Å². The molecule has 0 fully saturated rings. The number of hydrogen-bond donors (Lipinski definition) is 0. The summed E-state index contributed by atoms with van der Waals surface area (Å²) in [4.78, 5) is 9.31. The number of aromatic nitrogens is 3. The lowest BCUT2D eigenvalue weighted by atomic mass is 10.1. The molecule has 3 nitrogen and oxygen atoms in total. The van der Waals surface area contributed by atoms with Crippen LogP contribution in [0.25, 0.3) is 21.8 Å².